The Bertz CT molecular complexity index is 756. The fourth-order valence-corrected chi connectivity index (χ4v) is 8.42. The highest BCUT2D eigenvalue weighted by molar-refractivity contribution is 5.91. The first-order valence-electron chi connectivity index (χ1n) is 12.7. The summed E-state index contributed by atoms with van der Waals surface area (Å²) in [7, 11) is 0. The van der Waals surface area contributed by atoms with Crippen molar-refractivity contribution in [1.29, 1.82) is 0 Å². The van der Waals surface area contributed by atoms with Crippen molar-refractivity contribution in [2.45, 2.75) is 91.6 Å². The predicted octanol–water partition coefficient (Wildman–Crippen LogP) is 4.72. The van der Waals surface area contributed by atoms with Crippen LogP contribution in [0.15, 0.2) is 11.6 Å². The zero-order valence-corrected chi connectivity index (χ0v) is 19.9. The summed E-state index contributed by atoms with van der Waals surface area (Å²) in [5.74, 6) is 2.25. The van der Waals surface area contributed by atoms with Crippen LogP contribution in [0.3, 0.4) is 0 Å². The van der Waals surface area contributed by atoms with Crippen LogP contribution < -0.4 is 0 Å². The van der Waals surface area contributed by atoms with Crippen LogP contribution in [0.4, 0.5) is 0 Å². The van der Waals surface area contributed by atoms with E-state index in [4.69, 9.17) is 0 Å². The molecule has 0 radical (unpaired) electrons. The van der Waals surface area contributed by atoms with E-state index < -0.39 is 6.10 Å². The molecule has 0 spiro atoms. The van der Waals surface area contributed by atoms with Gasteiger partial charge in [0.05, 0.1) is 6.10 Å². The van der Waals surface area contributed by atoms with Crippen molar-refractivity contribution in [1.82, 2.24) is 0 Å². The third-order valence-electron chi connectivity index (χ3n) is 10.3. The molecule has 0 aliphatic heterocycles. The third-order valence-corrected chi connectivity index (χ3v) is 10.3. The highest BCUT2D eigenvalue weighted by Gasteiger charge is 2.62. The fraction of sp³-hybridized carbons (Fsp3) is 0.852. The minimum absolute atomic E-state index is 0.0142. The smallest absolute Gasteiger partial charge is 0.155 e. The quantitative estimate of drug-likeness (QED) is 0.639. The maximum atomic E-state index is 13.0. The predicted molar refractivity (Wildman–Crippen MR) is 121 cm³/mol. The summed E-state index contributed by atoms with van der Waals surface area (Å²) in [5, 5.41) is 20.5. The van der Waals surface area contributed by atoms with E-state index in [9.17, 15) is 19.8 Å². The number of rotatable bonds is 6. The number of carbonyl (C=O) groups is 2. The van der Waals surface area contributed by atoms with Gasteiger partial charge in [0, 0.05) is 25.4 Å². The van der Waals surface area contributed by atoms with Gasteiger partial charge in [-0.1, -0.05) is 33.3 Å². The first-order chi connectivity index (χ1) is 14.6. The molecule has 1 unspecified atom stereocenters. The molecule has 2 N–H and O–H groups in total. The van der Waals surface area contributed by atoms with Gasteiger partial charge in [-0.05, 0) is 91.4 Å². The van der Waals surface area contributed by atoms with E-state index in [0.717, 1.165) is 44.9 Å². The van der Waals surface area contributed by atoms with Crippen molar-refractivity contribution >= 4 is 11.6 Å². The van der Waals surface area contributed by atoms with Crippen molar-refractivity contribution in [3.63, 3.8) is 0 Å². The van der Waals surface area contributed by atoms with Crippen LogP contribution in [0.1, 0.15) is 85.5 Å². The maximum absolute atomic E-state index is 13.0. The fourth-order valence-electron chi connectivity index (χ4n) is 8.42. The molecule has 0 aromatic rings. The SMILES string of the molecule is CC(CO)CCC(=O)[C@@H](C)[C@H]1[C@H](O)C[C@H]2[C@@H]3CCC4=CC(=O)CC[C@]4(C)[C@H]3CC[C@]12C. The topological polar surface area (TPSA) is 74.6 Å². The lowest BCUT2D eigenvalue weighted by Gasteiger charge is -2.58. The van der Waals surface area contributed by atoms with Gasteiger partial charge in [-0.15, -0.1) is 0 Å². The van der Waals surface area contributed by atoms with Crippen LogP contribution in [-0.4, -0.2) is 34.5 Å². The molecule has 4 aliphatic rings. The largest absolute Gasteiger partial charge is 0.396 e. The number of carbonyl (C=O) groups excluding carboxylic acids is 2. The van der Waals surface area contributed by atoms with Gasteiger partial charge in [0.15, 0.2) is 5.78 Å². The van der Waals surface area contributed by atoms with E-state index in [1.54, 1.807) is 0 Å². The molecule has 4 heteroatoms. The minimum Gasteiger partial charge on any atom is -0.396 e. The van der Waals surface area contributed by atoms with Crippen LogP contribution in [0.5, 0.6) is 0 Å². The molecule has 31 heavy (non-hydrogen) atoms. The summed E-state index contributed by atoms with van der Waals surface area (Å²) in [5.41, 5.74) is 1.54. The van der Waals surface area contributed by atoms with Gasteiger partial charge < -0.3 is 10.2 Å². The van der Waals surface area contributed by atoms with Crippen molar-refractivity contribution in [2.75, 3.05) is 6.61 Å². The average Bonchev–Trinajstić information content (AvgIpc) is 3.01. The van der Waals surface area contributed by atoms with Crippen LogP contribution in [0.25, 0.3) is 0 Å². The number of ketones is 2. The Morgan fingerprint density at radius 3 is 2.61 bits per heavy atom. The summed E-state index contributed by atoms with van der Waals surface area (Å²) in [4.78, 5) is 25.1. The normalized spacial score (nSPS) is 44.0. The number of fused-ring (bicyclic) bond motifs is 5. The van der Waals surface area contributed by atoms with Crippen molar-refractivity contribution < 1.29 is 19.8 Å². The maximum Gasteiger partial charge on any atom is 0.155 e. The van der Waals surface area contributed by atoms with Gasteiger partial charge >= 0.3 is 0 Å². The van der Waals surface area contributed by atoms with E-state index in [2.05, 4.69) is 13.8 Å². The molecular formula is C27H42O4. The molecule has 0 amide bonds. The lowest BCUT2D eigenvalue weighted by Crippen LogP contribution is -2.51. The van der Waals surface area contributed by atoms with Crippen LogP contribution in [-0.2, 0) is 9.59 Å². The number of hydrogen-bond donors (Lipinski definition) is 2. The minimum atomic E-state index is -0.402. The van der Waals surface area contributed by atoms with Gasteiger partial charge in [-0.3, -0.25) is 9.59 Å². The standard InChI is InChI=1S/C27H42O4/c1-16(15-28)5-8-23(30)17(2)25-24(31)14-22-20-7-6-18-13-19(29)9-11-26(18,3)21(20)10-12-27(22,25)4/h13,16-17,20-22,24-25,28,31H,5-12,14-15H2,1-4H3/t16?,17-,20-,21+,22+,24-,25+,26+,27+/m1/s1. The Kier molecular flexibility index (Phi) is 6.28. The Hall–Kier alpha value is -1.00. The molecule has 0 aromatic carbocycles. The van der Waals surface area contributed by atoms with Crippen LogP contribution in [0.2, 0.25) is 0 Å². The van der Waals surface area contributed by atoms with Crippen molar-refractivity contribution in [3.8, 4) is 0 Å². The number of allylic oxidation sites excluding steroid dienone is 1. The van der Waals surface area contributed by atoms with E-state index >= 15 is 0 Å². The van der Waals surface area contributed by atoms with Crippen LogP contribution in [0, 0.1) is 46.3 Å². The molecule has 0 saturated heterocycles. The summed E-state index contributed by atoms with van der Waals surface area (Å²) in [6, 6.07) is 0. The molecule has 174 valence electrons. The zero-order chi connectivity index (χ0) is 22.6. The molecular weight excluding hydrogens is 388 g/mol. The molecule has 9 atom stereocenters. The lowest BCUT2D eigenvalue weighted by molar-refractivity contribution is -0.130. The third kappa shape index (κ3) is 3.76. The summed E-state index contributed by atoms with van der Waals surface area (Å²) < 4.78 is 0. The van der Waals surface area contributed by atoms with Gasteiger partial charge in [-0.25, -0.2) is 0 Å². The number of hydrogen-bond acceptors (Lipinski definition) is 4. The van der Waals surface area contributed by atoms with E-state index in [1.807, 2.05) is 19.9 Å². The highest BCUT2D eigenvalue weighted by Crippen LogP contribution is 2.67. The van der Waals surface area contributed by atoms with Gasteiger partial charge in [0.1, 0.15) is 5.78 Å². The second-order valence-corrected chi connectivity index (χ2v) is 11.9. The Morgan fingerprint density at radius 2 is 1.90 bits per heavy atom. The monoisotopic (exact) mass is 430 g/mol. The number of aliphatic hydroxyl groups is 2. The van der Waals surface area contributed by atoms with Gasteiger partial charge in [0.25, 0.3) is 0 Å². The average molecular weight is 431 g/mol. The number of Topliss-reactive ketones (excluding diaryl/α,β-unsaturated/α-hetero) is 1. The van der Waals surface area contributed by atoms with E-state index in [-0.39, 0.29) is 41.0 Å². The first-order valence-corrected chi connectivity index (χ1v) is 12.7. The molecule has 4 rings (SSSR count). The Morgan fingerprint density at radius 1 is 1.16 bits per heavy atom. The first kappa shape index (κ1) is 23.2. The molecule has 0 heterocycles. The Labute approximate surface area is 187 Å². The van der Waals surface area contributed by atoms with E-state index in [1.165, 1.54) is 5.57 Å². The summed E-state index contributed by atoms with van der Waals surface area (Å²) >= 11 is 0. The van der Waals surface area contributed by atoms with Crippen molar-refractivity contribution in [2.24, 2.45) is 46.3 Å². The second-order valence-electron chi connectivity index (χ2n) is 11.9. The van der Waals surface area contributed by atoms with Crippen LogP contribution >= 0.6 is 0 Å². The molecule has 0 bridgehead atoms. The van der Waals surface area contributed by atoms with Gasteiger partial charge in [-0.2, -0.15) is 0 Å². The molecule has 3 saturated carbocycles. The lowest BCUT2D eigenvalue weighted by atomic mass is 9.46. The molecule has 0 aromatic heterocycles. The summed E-state index contributed by atoms with van der Waals surface area (Å²) in [6.07, 6.45) is 9.60. The summed E-state index contributed by atoms with van der Waals surface area (Å²) in [6.45, 7) is 8.88. The zero-order valence-electron chi connectivity index (χ0n) is 19.9. The van der Waals surface area contributed by atoms with Crippen molar-refractivity contribution in [3.05, 3.63) is 11.6 Å². The highest BCUT2D eigenvalue weighted by atomic mass is 16.3. The molecule has 4 aliphatic carbocycles. The molecule has 3 fully saturated rings. The van der Waals surface area contributed by atoms with Gasteiger partial charge in [0.2, 0.25) is 0 Å². The number of aliphatic hydroxyl groups excluding tert-OH is 2. The van der Waals surface area contributed by atoms with E-state index in [0.29, 0.717) is 36.4 Å². The second kappa shape index (κ2) is 8.41. The Balaban J connectivity index is 1.54. The molecule has 4 nitrogen and oxygen atoms in total.